The van der Waals surface area contributed by atoms with Crippen molar-refractivity contribution in [3.8, 4) is 0 Å². The third-order valence-corrected chi connectivity index (χ3v) is 7.31. The normalized spacial score (nSPS) is 18.9. The second-order valence-electron chi connectivity index (χ2n) is 9.63. The minimum Gasteiger partial charge on any atom is -0.373 e. The summed E-state index contributed by atoms with van der Waals surface area (Å²) in [6.07, 6.45) is 0.772. The van der Waals surface area contributed by atoms with E-state index in [0.717, 1.165) is 36.3 Å². The van der Waals surface area contributed by atoms with Crippen molar-refractivity contribution >= 4 is 11.8 Å². The molecule has 2 aliphatic heterocycles. The van der Waals surface area contributed by atoms with Crippen LogP contribution in [0.15, 0.2) is 66.7 Å². The smallest absolute Gasteiger partial charge is 0.271 e. The Morgan fingerprint density at radius 1 is 1.03 bits per heavy atom. The molecule has 0 radical (unpaired) electrons. The largest absolute Gasteiger partial charge is 0.373 e. The number of piperazine rings is 1. The molecule has 2 unspecified atom stereocenters. The van der Waals surface area contributed by atoms with Crippen LogP contribution in [0.25, 0.3) is 0 Å². The number of likely N-dealkylation sites (N-methyl/N-ethyl adjacent to an activating group) is 1. The van der Waals surface area contributed by atoms with Crippen molar-refractivity contribution in [1.29, 1.82) is 0 Å². The average Bonchev–Trinajstić information content (AvgIpc) is 3.32. The Bertz CT molecular complexity index is 1210. The quantitative estimate of drug-likeness (QED) is 0.571. The standard InChI is InChI=1S/C29H34N4O3/c1-3-24(21-10-6-4-7-11-21)30-28(34)23-18-25(32-16-17-36-20-27(23)32)29(35)33-15-14-31(2)19-26(33)22-12-8-5-9-13-22/h4-13,18,24,26H,3,14-17,19-20H2,1-2H3,(H,30,34). The molecule has 3 aromatic rings. The predicted molar refractivity (Wildman–Crippen MR) is 139 cm³/mol. The van der Waals surface area contributed by atoms with Crippen LogP contribution in [0.5, 0.6) is 0 Å². The highest BCUT2D eigenvalue weighted by atomic mass is 16.5. The first-order valence-electron chi connectivity index (χ1n) is 12.8. The van der Waals surface area contributed by atoms with Crippen LogP contribution < -0.4 is 5.32 Å². The third kappa shape index (κ3) is 4.81. The molecule has 7 heteroatoms. The first-order valence-corrected chi connectivity index (χ1v) is 12.8. The van der Waals surface area contributed by atoms with Crippen LogP contribution in [0.4, 0.5) is 0 Å². The van der Waals surface area contributed by atoms with Crippen LogP contribution in [0.3, 0.4) is 0 Å². The Hall–Kier alpha value is -3.42. The fraction of sp³-hybridized carbons (Fsp3) is 0.379. The zero-order chi connectivity index (χ0) is 25.1. The number of carbonyl (C=O) groups excluding carboxylic acids is 2. The molecule has 1 aromatic heterocycles. The minimum absolute atomic E-state index is 0.0331. The summed E-state index contributed by atoms with van der Waals surface area (Å²) in [7, 11) is 2.09. The van der Waals surface area contributed by atoms with Gasteiger partial charge in [0.2, 0.25) is 0 Å². The number of carbonyl (C=O) groups is 2. The van der Waals surface area contributed by atoms with Gasteiger partial charge in [0.1, 0.15) is 5.69 Å². The van der Waals surface area contributed by atoms with Gasteiger partial charge in [0, 0.05) is 26.2 Å². The highest BCUT2D eigenvalue weighted by Gasteiger charge is 2.34. The van der Waals surface area contributed by atoms with Crippen molar-refractivity contribution in [3.05, 3.63) is 94.8 Å². The minimum atomic E-state index is -0.169. The first kappa shape index (κ1) is 24.3. The molecule has 2 amide bonds. The summed E-state index contributed by atoms with van der Waals surface area (Å²) in [6.45, 7) is 5.69. The maximum absolute atomic E-state index is 14.0. The summed E-state index contributed by atoms with van der Waals surface area (Å²) in [5.74, 6) is -0.203. The van der Waals surface area contributed by atoms with Crippen molar-refractivity contribution < 1.29 is 14.3 Å². The monoisotopic (exact) mass is 486 g/mol. The lowest BCUT2D eigenvalue weighted by Crippen LogP contribution is -2.49. The number of ether oxygens (including phenoxy) is 1. The molecular weight excluding hydrogens is 452 g/mol. The van der Waals surface area contributed by atoms with Gasteiger partial charge in [-0.25, -0.2) is 0 Å². The first-order chi connectivity index (χ1) is 17.6. The maximum Gasteiger partial charge on any atom is 0.271 e. The van der Waals surface area contributed by atoms with E-state index in [1.807, 2.05) is 58.0 Å². The Morgan fingerprint density at radius 3 is 2.47 bits per heavy atom. The predicted octanol–water partition coefficient (Wildman–Crippen LogP) is 4.03. The van der Waals surface area contributed by atoms with Gasteiger partial charge in [-0.1, -0.05) is 67.6 Å². The summed E-state index contributed by atoms with van der Waals surface area (Å²) < 4.78 is 7.70. The fourth-order valence-electron chi connectivity index (χ4n) is 5.31. The SMILES string of the molecule is CCC(NC(=O)c1cc(C(=O)N2CCN(C)CC2c2ccccc2)n2c1COCC2)c1ccccc1. The Balaban J connectivity index is 1.45. The van der Waals surface area contributed by atoms with E-state index < -0.39 is 0 Å². The van der Waals surface area contributed by atoms with E-state index in [4.69, 9.17) is 4.74 Å². The van der Waals surface area contributed by atoms with Crippen molar-refractivity contribution in [2.45, 2.75) is 38.6 Å². The highest BCUT2D eigenvalue weighted by molar-refractivity contribution is 6.01. The van der Waals surface area contributed by atoms with Crippen LogP contribution in [-0.2, 0) is 17.9 Å². The van der Waals surface area contributed by atoms with Gasteiger partial charge in [-0.3, -0.25) is 9.59 Å². The number of nitrogens with one attached hydrogen (secondary N) is 1. The van der Waals surface area contributed by atoms with Crippen molar-refractivity contribution in [2.24, 2.45) is 0 Å². The molecule has 36 heavy (non-hydrogen) atoms. The second kappa shape index (κ2) is 10.7. The van der Waals surface area contributed by atoms with Crippen LogP contribution in [0, 0.1) is 0 Å². The van der Waals surface area contributed by atoms with E-state index >= 15 is 0 Å². The van der Waals surface area contributed by atoms with E-state index in [1.54, 1.807) is 6.07 Å². The van der Waals surface area contributed by atoms with Crippen LogP contribution in [0.1, 0.15) is 63.1 Å². The molecule has 2 atom stereocenters. The number of rotatable bonds is 6. The van der Waals surface area contributed by atoms with Crippen molar-refractivity contribution in [3.63, 3.8) is 0 Å². The van der Waals surface area contributed by atoms with Gasteiger partial charge >= 0.3 is 0 Å². The lowest BCUT2D eigenvalue weighted by atomic mass is 10.0. The molecule has 3 heterocycles. The second-order valence-corrected chi connectivity index (χ2v) is 9.63. The zero-order valence-electron chi connectivity index (χ0n) is 21.0. The molecule has 2 aliphatic rings. The lowest BCUT2D eigenvalue weighted by molar-refractivity contribution is 0.0469. The summed E-state index contributed by atoms with van der Waals surface area (Å²) >= 11 is 0. The lowest BCUT2D eigenvalue weighted by Gasteiger charge is -2.40. The van der Waals surface area contributed by atoms with E-state index in [1.165, 1.54) is 0 Å². The Kier molecular flexibility index (Phi) is 7.20. The molecular formula is C29H34N4O3. The highest BCUT2D eigenvalue weighted by Crippen LogP contribution is 2.29. The van der Waals surface area contributed by atoms with Gasteiger partial charge in [-0.05, 0) is 30.7 Å². The van der Waals surface area contributed by atoms with E-state index in [9.17, 15) is 9.59 Å². The van der Waals surface area contributed by atoms with E-state index in [0.29, 0.717) is 37.6 Å². The fourth-order valence-corrected chi connectivity index (χ4v) is 5.31. The number of amides is 2. The number of benzene rings is 2. The molecule has 0 aliphatic carbocycles. The number of nitrogens with zero attached hydrogens (tertiary/aromatic N) is 3. The van der Waals surface area contributed by atoms with Gasteiger partial charge in [0.05, 0.1) is 36.6 Å². The van der Waals surface area contributed by atoms with Crippen LogP contribution >= 0.6 is 0 Å². The summed E-state index contributed by atoms with van der Waals surface area (Å²) in [5, 5.41) is 3.18. The van der Waals surface area contributed by atoms with Gasteiger partial charge in [-0.2, -0.15) is 0 Å². The molecule has 0 bridgehead atoms. The maximum atomic E-state index is 14.0. The summed E-state index contributed by atoms with van der Waals surface area (Å²) in [6, 6.07) is 21.8. The third-order valence-electron chi connectivity index (χ3n) is 7.31. The zero-order valence-corrected chi connectivity index (χ0v) is 21.0. The molecule has 0 spiro atoms. The molecule has 0 saturated carbocycles. The van der Waals surface area contributed by atoms with Crippen LogP contribution in [-0.4, -0.2) is 59.5 Å². The summed E-state index contributed by atoms with van der Waals surface area (Å²) in [4.78, 5) is 31.7. The molecule has 188 valence electrons. The van der Waals surface area contributed by atoms with Crippen molar-refractivity contribution in [2.75, 3.05) is 33.3 Å². The topological polar surface area (TPSA) is 66.8 Å². The van der Waals surface area contributed by atoms with Gasteiger partial charge in [-0.15, -0.1) is 0 Å². The molecule has 1 N–H and O–H groups in total. The van der Waals surface area contributed by atoms with E-state index in [2.05, 4.69) is 36.3 Å². The van der Waals surface area contributed by atoms with Gasteiger partial charge < -0.3 is 24.4 Å². The van der Waals surface area contributed by atoms with Gasteiger partial charge in [0.15, 0.2) is 0 Å². The molecule has 1 saturated heterocycles. The number of fused-ring (bicyclic) bond motifs is 1. The molecule has 1 fully saturated rings. The van der Waals surface area contributed by atoms with E-state index in [-0.39, 0.29) is 23.9 Å². The Labute approximate surface area is 212 Å². The van der Waals surface area contributed by atoms with Gasteiger partial charge in [0.25, 0.3) is 11.8 Å². The number of hydrogen-bond donors (Lipinski definition) is 1. The Morgan fingerprint density at radius 2 is 1.75 bits per heavy atom. The number of hydrogen-bond acceptors (Lipinski definition) is 4. The molecule has 7 nitrogen and oxygen atoms in total. The number of aromatic nitrogens is 1. The van der Waals surface area contributed by atoms with Crippen LogP contribution in [0.2, 0.25) is 0 Å². The average molecular weight is 487 g/mol. The molecule has 5 rings (SSSR count). The summed E-state index contributed by atoms with van der Waals surface area (Å²) in [5.41, 5.74) is 4.06. The molecule has 2 aromatic carbocycles. The van der Waals surface area contributed by atoms with Crippen molar-refractivity contribution in [1.82, 2.24) is 19.7 Å².